The molecule has 138 valence electrons. The predicted octanol–water partition coefficient (Wildman–Crippen LogP) is 1.93. The molecule has 0 radical (unpaired) electrons. The van der Waals surface area contributed by atoms with E-state index in [1.807, 2.05) is 0 Å². The van der Waals surface area contributed by atoms with Gasteiger partial charge in [-0.1, -0.05) is 24.3 Å². The second kappa shape index (κ2) is 7.86. The van der Waals surface area contributed by atoms with E-state index in [0.717, 1.165) is 6.42 Å². The average Bonchev–Trinajstić information content (AvgIpc) is 3.12. The highest BCUT2D eigenvalue weighted by molar-refractivity contribution is 7.92. The lowest BCUT2D eigenvalue weighted by molar-refractivity contribution is -0.126. The molecular weight excluding hydrogens is 354 g/mol. The lowest BCUT2D eigenvalue weighted by Gasteiger charge is -2.14. The molecule has 2 atom stereocenters. The van der Waals surface area contributed by atoms with E-state index >= 15 is 0 Å². The van der Waals surface area contributed by atoms with Crippen LogP contribution in [0.2, 0.25) is 0 Å². The zero-order valence-corrected chi connectivity index (χ0v) is 14.9. The quantitative estimate of drug-likeness (QED) is 0.714. The second-order valence-corrected chi connectivity index (χ2v) is 7.73. The minimum atomic E-state index is -3.69. The third kappa shape index (κ3) is 4.40. The Kier molecular flexibility index (Phi) is 5.55. The number of hydrogen-bond donors (Lipinski definition) is 3. The molecule has 2 aromatic carbocycles. The molecule has 1 saturated heterocycles. The minimum Gasteiger partial charge on any atom is -0.364 e. The van der Waals surface area contributed by atoms with Gasteiger partial charge in [0.25, 0.3) is 15.9 Å². The van der Waals surface area contributed by atoms with Gasteiger partial charge in [-0.3, -0.25) is 9.52 Å². The third-order valence-electron chi connectivity index (χ3n) is 4.10. The Morgan fingerprint density at radius 2 is 1.81 bits per heavy atom. The molecular formula is C18H21N3O4S. The van der Waals surface area contributed by atoms with Crippen LogP contribution in [0, 0.1) is 0 Å². The van der Waals surface area contributed by atoms with Gasteiger partial charge in [0.05, 0.1) is 16.7 Å². The number of nitrogens with one attached hydrogen (secondary N) is 2. The van der Waals surface area contributed by atoms with Gasteiger partial charge in [-0.2, -0.15) is 0 Å². The Hall–Kier alpha value is -2.42. The third-order valence-corrected chi connectivity index (χ3v) is 5.50. The van der Waals surface area contributed by atoms with Gasteiger partial charge in [-0.05, 0) is 43.2 Å². The molecule has 1 heterocycles. The van der Waals surface area contributed by atoms with Gasteiger partial charge in [0, 0.05) is 12.2 Å². The van der Waals surface area contributed by atoms with Crippen molar-refractivity contribution >= 4 is 27.3 Å². The van der Waals surface area contributed by atoms with Crippen molar-refractivity contribution in [1.82, 2.24) is 0 Å². The van der Waals surface area contributed by atoms with Crippen LogP contribution >= 0.6 is 0 Å². The van der Waals surface area contributed by atoms with E-state index in [0.29, 0.717) is 24.3 Å². The fourth-order valence-corrected chi connectivity index (χ4v) is 3.84. The molecule has 0 unspecified atom stereocenters. The van der Waals surface area contributed by atoms with E-state index in [-0.39, 0.29) is 16.9 Å². The van der Waals surface area contributed by atoms with E-state index in [9.17, 15) is 13.2 Å². The first kappa shape index (κ1) is 18.4. The smallest absolute Gasteiger partial charge is 0.261 e. The lowest BCUT2D eigenvalue weighted by atomic mass is 10.2. The van der Waals surface area contributed by atoms with E-state index in [1.54, 1.807) is 42.5 Å². The second-order valence-electron chi connectivity index (χ2n) is 6.05. The largest absolute Gasteiger partial charge is 0.364 e. The lowest BCUT2D eigenvalue weighted by Crippen LogP contribution is -2.29. The zero-order valence-electron chi connectivity index (χ0n) is 14.1. The summed E-state index contributed by atoms with van der Waals surface area (Å²) in [6, 6.07) is 14.6. The average molecular weight is 375 g/mol. The van der Waals surface area contributed by atoms with E-state index in [2.05, 4.69) is 10.0 Å². The maximum absolute atomic E-state index is 12.4. The molecule has 8 heteroatoms. The van der Waals surface area contributed by atoms with Crippen molar-refractivity contribution in [2.45, 2.75) is 29.9 Å². The summed E-state index contributed by atoms with van der Waals surface area (Å²) >= 11 is 0. The topological polar surface area (TPSA) is 111 Å². The Bertz CT molecular complexity index is 871. The SMILES string of the molecule is NC[C@H]1CC[C@@H](C(=O)Nc2cccc(NS(=O)(=O)c3ccccc3)c2)O1. The Labute approximate surface area is 152 Å². The van der Waals surface area contributed by atoms with Crippen LogP contribution in [0.1, 0.15) is 12.8 Å². The molecule has 26 heavy (non-hydrogen) atoms. The fourth-order valence-electron chi connectivity index (χ4n) is 2.77. The first-order valence-electron chi connectivity index (χ1n) is 8.32. The van der Waals surface area contributed by atoms with Crippen LogP contribution < -0.4 is 15.8 Å². The Balaban J connectivity index is 1.68. The summed E-state index contributed by atoms with van der Waals surface area (Å²) in [5.74, 6) is -0.260. The van der Waals surface area contributed by atoms with Crippen molar-refractivity contribution in [3.63, 3.8) is 0 Å². The maximum atomic E-state index is 12.4. The van der Waals surface area contributed by atoms with Gasteiger partial charge in [0.1, 0.15) is 6.10 Å². The number of hydrogen-bond acceptors (Lipinski definition) is 5. The van der Waals surface area contributed by atoms with Gasteiger partial charge >= 0.3 is 0 Å². The summed E-state index contributed by atoms with van der Waals surface area (Å²) in [4.78, 5) is 12.4. The van der Waals surface area contributed by atoms with Gasteiger partial charge in [0.2, 0.25) is 0 Å². The van der Waals surface area contributed by atoms with Crippen molar-refractivity contribution in [2.24, 2.45) is 5.73 Å². The van der Waals surface area contributed by atoms with Gasteiger partial charge in [0.15, 0.2) is 0 Å². The van der Waals surface area contributed by atoms with E-state index < -0.39 is 16.1 Å². The van der Waals surface area contributed by atoms with E-state index in [1.165, 1.54) is 12.1 Å². The maximum Gasteiger partial charge on any atom is 0.261 e. The van der Waals surface area contributed by atoms with Gasteiger partial charge < -0.3 is 15.8 Å². The predicted molar refractivity (Wildman–Crippen MR) is 99.3 cm³/mol. The summed E-state index contributed by atoms with van der Waals surface area (Å²) in [5, 5.41) is 2.75. The summed E-state index contributed by atoms with van der Waals surface area (Å²) < 4.78 is 32.8. The molecule has 1 aliphatic rings. The number of sulfonamides is 1. The normalized spacial score (nSPS) is 19.9. The van der Waals surface area contributed by atoms with Crippen molar-refractivity contribution in [3.05, 3.63) is 54.6 Å². The fraction of sp³-hybridized carbons (Fsp3) is 0.278. The molecule has 1 amide bonds. The molecule has 0 aliphatic carbocycles. The first-order valence-corrected chi connectivity index (χ1v) is 9.80. The van der Waals surface area contributed by atoms with Crippen LogP contribution in [-0.2, 0) is 19.6 Å². The number of carbonyl (C=O) groups excluding carboxylic acids is 1. The standard InChI is InChI=1S/C18H21N3O4S/c19-12-15-9-10-17(25-15)18(22)20-13-5-4-6-14(11-13)21-26(23,24)16-7-2-1-3-8-16/h1-8,11,15,17,21H,9-10,12,19H2,(H,20,22)/t15-,17+/m1/s1. The molecule has 3 rings (SSSR count). The van der Waals surface area contributed by atoms with Crippen LogP contribution in [0.5, 0.6) is 0 Å². The number of carbonyl (C=O) groups is 1. The summed E-state index contributed by atoms with van der Waals surface area (Å²) in [5.41, 5.74) is 6.40. The van der Waals surface area contributed by atoms with Crippen LogP contribution in [0.3, 0.4) is 0 Å². The Morgan fingerprint density at radius 3 is 2.50 bits per heavy atom. The first-order chi connectivity index (χ1) is 12.5. The van der Waals surface area contributed by atoms with Crippen LogP contribution in [0.4, 0.5) is 11.4 Å². The number of anilines is 2. The molecule has 1 fully saturated rings. The minimum absolute atomic E-state index is 0.0882. The highest BCUT2D eigenvalue weighted by atomic mass is 32.2. The van der Waals surface area contributed by atoms with Crippen LogP contribution in [0.15, 0.2) is 59.5 Å². The number of benzene rings is 2. The van der Waals surface area contributed by atoms with Crippen LogP contribution in [-0.4, -0.2) is 33.1 Å². The molecule has 7 nitrogen and oxygen atoms in total. The number of nitrogens with two attached hydrogens (primary N) is 1. The van der Waals surface area contributed by atoms with Gasteiger partial charge in [-0.25, -0.2) is 8.42 Å². The molecule has 0 bridgehead atoms. The van der Waals surface area contributed by atoms with Crippen molar-refractivity contribution in [1.29, 1.82) is 0 Å². The molecule has 4 N–H and O–H groups in total. The molecule has 0 spiro atoms. The molecule has 2 aromatic rings. The monoisotopic (exact) mass is 375 g/mol. The molecule has 0 saturated carbocycles. The molecule has 1 aliphatic heterocycles. The Morgan fingerprint density at radius 1 is 1.08 bits per heavy atom. The van der Waals surface area contributed by atoms with Crippen LogP contribution in [0.25, 0.3) is 0 Å². The van der Waals surface area contributed by atoms with Crippen molar-refractivity contribution < 1.29 is 17.9 Å². The van der Waals surface area contributed by atoms with Crippen molar-refractivity contribution in [2.75, 3.05) is 16.6 Å². The highest BCUT2D eigenvalue weighted by Gasteiger charge is 2.29. The summed E-state index contributed by atoms with van der Waals surface area (Å²) in [7, 11) is -3.69. The van der Waals surface area contributed by atoms with Crippen molar-refractivity contribution in [3.8, 4) is 0 Å². The number of rotatable bonds is 6. The summed E-state index contributed by atoms with van der Waals surface area (Å²) in [6.07, 6.45) is 0.752. The number of ether oxygens (including phenoxy) is 1. The zero-order chi connectivity index (χ0) is 18.6. The van der Waals surface area contributed by atoms with Gasteiger partial charge in [-0.15, -0.1) is 0 Å². The van der Waals surface area contributed by atoms with E-state index in [4.69, 9.17) is 10.5 Å². The molecule has 0 aromatic heterocycles. The highest BCUT2D eigenvalue weighted by Crippen LogP contribution is 2.23. The number of amides is 1. The summed E-state index contributed by atoms with van der Waals surface area (Å²) in [6.45, 7) is 0.389.